The summed E-state index contributed by atoms with van der Waals surface area (Å²) in [5.41, 5.74) is 0. The van der Waals surface area contributed by atoms with Gasteiger partial charge in [-0.25, -0.2) is 0 Å². The van der Waals surface area contributed by atoms with Crippen LogP contribution in [-0.4, -0.2) is 73.9 Å². The molecule has 1 atom stereocenters. The molecule has 0 spiro atoms. The van der Waals surface area contributed by atoms with Crippen molar-refractivity contribution in [3.05, 3.63) is 0 Å². The summed E-state index contributed by atoms with van der Waals surface area (Å²) in [6.07, 6.45) is 5.20. The zero-order valence-electron chi connectivity index (χ0n) is 11.9. The fraction of sp³-hybridized carbons (Fsp3) is 1.00. The smallest absolute Gasteiger partial charge is 0.0597 e. The minimum Gasteiger partial charge on any atom is -0.395 e. The van der Waals surface area contributed by atoms with E-state index in [1.54, 1.807) is 0 Å². The highest BCUT2D eigenvalue weighted by Crippen LogP contribution is 2.21. The van der Waals surface area contributed by atoms with Crippen LogP contribution in [0.5, 0.6) is 0 Å². The Morgan fingerprint density at radius 1 is 1.22 bits per heavy atom. The lowest BCUT2D eigenvalue weighted by atomic mass is 9.96. The number of likely N-dealkylation sites (tertiary alicyclic amines) is 1. The molecule has 106 valence electrons. The van der Waals surface area contributed by atoms with Crippen molar-refractivity contribution in [2.45, 2.75) is 37.8 Å². The molecule has 2 aliphatic rings. The van der Waals surface area contributed by atoms with E-state index in [0.717, 1.165) is 12.5 Å². The molecule has 1 aliphatic heterocycles. The number of aliphatic hydroxyl groups is 1. The monoisotopic (exact) mass is 255 g/mol. The van der Waals surface area contributed by atoms with Crippen LogP contribution < -0.4 is 5.32 Å². The van der Waals surface area contributed by atoms with Gasteiger partial charge in [0, 0.05) is 25.2 Å². The standard InChI is InChI=1S/C14H29N3O/c1-16(2)9-12-5-7-17(8-6-12)10-14(11-18)15-13-3-4-13/h12-15,18H,3-11H2,1-2H3. The van der Waals surface area contributed by atoms with Crippen molar-refractivity contribution in [2.75, 3.05) is 46.9 Å². The summed E-state index contributed by atoms with van der Waals surface area (Å²) in [5, 5.41) is 12.9. The SMILES string of the molecule is CN(C)CC1CCN(CC(CO)NC2CC2)CC1. The van der Waals surface area contributed by atoms with Gasteiger partial charge in [0.2, 0.25) is 0 Å². The molecule has 2 N–H and O–H groups in total. The second kappa shape index (κ2) is 6.85. The Labute approximate surface area is 111 Å². The molecule has 2 rings (SSSR count). The number of hydrogen-bond donors (Lipinski definition) is 2. The fourth-order valence-corrected chi connectivity index (χ4v) is 2.93. The van der Waals surface area contributed by atoms with Crippen molar-refractivity contribution < 1.29 is 5.11 Å². The van der Waals surface area contributed by atoms with Crippen molar-refractivity contribution >= 4 is 0 Å². The predicted molar refractivity (Wildman–Crippen MR) is 74.7 cm³/mol. The van der Waals surface area contributed by atoms with Crippen LogP contribution in [0.4, 0.5) is 0 Å². The Morgan fingerprint density at radius 2 is 1.89 bits per heavy atom. The maximum absolute atomic E-state index is 9.41. The first kappa shape index (κ1) is 14.3. The lowest BCUT2D eigenvalue weighted by Gasteiger charge is -2.35. The number of rotatable bonds is 7. The van der Waals surface area contributed by atoms with Gasteiger partial charge in [-0.15, -0.1) is 0 Å². The Balaban J connectivity index is 1.65. The van der Waals surface area contributed by atoms with Crippen LogP contribution in [0.2, 0.25) is 0 Å². The fourth-order valence-electron chi connectivity index (χ4n) is 2.93. The van der Waals surface area contributed by atoms with Gasteiger partial charge in [0.25, 0.3) is 0 Å². The molecule has 1 aliphatic carbocycles. The van der Waals surface area contributed by atoms with Gasteiger partial charge in [0.1, 0.15) is 0 Å². The van der Waals surface area contributed by atoms with E-state index in [-0.39, 0.29) is 12.6 Å². The van der Waals surface area contributed by atoms with Crippen LogP contribution >= 0.6 is 0 Å². The van der Waals surface area contributed by atoms with E-state index in [2.05, 4.69) is 29.2 Å². The Hall–Kier alpha value is -0.160. The van der Waals surface area contributed by atoms with E-state index < -0.39 is 0 Å². The van der Waals surface area contributed by atoms with Crippen LogP contribution in [-0.2, 0) is 0 Å². The minimum absolute atomic E-state index is 0.272. The highest BCUT2D eigenvalue weighted by Gasteiger charge is 2.26. The van der Waals surface area contributed by atoms with Crippen molar-refractivity contribution in [3.63, 3.8) is 0 Å². The molecule has 2 fully saturated rings. The zero-order valence-corrected chi connectivity index (χ0v) is 11.9. The predicted octanol–water partition coefficient (Wildman–Crippen LogP) is 0.373. The number of piperidine rings is 1. The van der Waals surface area contributed by atoms with Crippen LogP contribution in [0.3, 0.4) is 0 Å². The zero-order chi connectivity index (χ0) is 13.0. The molecule has 1 saturated heterocycles. The van der Waals surface area contributed by atoms with Crippen LogP contribution in [0.15, 0.2) is 0 Å². The molecule has 0 aromatic rings. The highest BCUT2D eigenvalue weighted by molar-refractivity contribution is 4.86. The van der Waals surface area contributed by atoms with Gasteiger partial charge in [0.05, 0.1) is 6.61 Å². The van der Waals surface area contributed by atoms with E-state index in [0.29, 0.717) is 6.04 Å². The van der Waals surface area contributed by atoms with Crippen LogP contribution in [0.1, 0.15) is 25.7 Å². The average molecular weight is 255 g/mol. The Morgan fingerprint density at radius 3 is 2.39 bits per heavy atom. The average Bonchev–Trinajstić information content (AvgIpc) is 3.14. The molecular weight excluding hydrogens is 226 g/mol. The maximum atomic E-state index is 9.41. The summed E-state index contributed by atoms with van der Waals surface area (Å²) in [5.74, 6) is 0.861. The third-order valence-corrected chi connectivity index (χ3v) is 4.08. The topological polar surface area (TPSA) is 38.7 Å². The highest BCUT2D eigenvalue weighted by atomic mass is 16.3. The third kappa shape index (κ3) is 4.84. The van der Waals surface area contributed by atoms with Crippen molar-refractivity contribution in [1.29, 1.82) is 0 Å². The molecule has 4 nitrogen and oxygen atoms in total. The first-order chi connectivity index (χ1) is 8.67. The number of nitrogens with zero attached hydrogens (tertiary/aromatic N) is 2. The first-order valence-corrected chi connectivity index (χ1v) is 7.41. The molecule has 1 unspecified atom stereocenters. The lowest BCUT2D eigenvalue weighted by Crippen LogP contribution is -2.47. The van der Waals surface area contributed by atoms with Gasteiger partial charge in [-0.05, 0) is 58.8 Å². The van der Waals surface area contributed by atoms with E-state index >= 15 is 0 Å². The molecule has 4 heteroatoms. The second-order valence-electron chi connectivity index (χ2n) is 6.33. The second-order valence-corrected chi connectivity index (χ2v) is 6.33. The van der Waals surface area contributed by atoms with Gasteiger partial charge in [-0.3, -0.25) is 0 Å². The largest absolute Gasteiger partial charge is 0.395 e. The van der Waals surface area contributed by atoms with Crippen molar-refractivity contribution in [3.8, 4) is 0 Å². The summed E-state index contributed by atoms with van der Waals surface area (Å²) in [4.78, 5) is 4.81. The third-order valence-electron chi connectivity index (χ3n) is 4.08. The van der Waals surface area contributed by atoms with Gasteiger partial charge in [-0.2, -0.15) is 0 Å². The molecule has 1 saturated carbocycles. The number of aliphatic hydroxyl groups excluding tert-OH is 1. The van der Waals surface area contributed by atoms with E-state index in [9.17, 15) is 5.11 Å². The molecule has 0 amide bonds. The first-order valence-electron chi connectivity index (χ1n) is 7.41. The molecule has 0 radical (unpaired) electrons. The summed E-state index contributed by atoms with van der Waals surface area (Å²) in [6, 6.07) is 0.969. The van der Waals surface area contributed by atoms with E-state index in [1.165, 1.54) is 45.3 Å². The van der Waals surface area contributed by atoms with Gasteiger partial charge in [-0.1, -0.05) is 0 Å². The minimum atomic E-state index is 0.272. The Kier molecular flexibility index (Phi) is 5.42. The summed E-state index contributed by atoms with van der Waals surface area (Å²) >= 11 is 0. The van der Waals surface area contributed by atoms with Crippen molar-refractivity contribution in [2.24, 2.45) is 5.92 Å². The quantitative estimate of drug-likeness (QED) is 0.689. The molecule has 1 heterocycles. The Bertz CT molecular complexity index is 235. The van der Waals surface area contributed by atoms with Gasteiger partial charge < -0.3 is 20.2 Å². The lowest BCUT2D eigenvalue weighted by molar-refractivity contribution is 0.130. The molecule has 0 aromatic carbocycles. The molecule has 0 aromatic heterocycles. The van der Waals surface area contributed by atoms with Crippen molar-refractivity contribution in [1.82, 2.24) is 15.1 Å². The summed E-state index contributed by atoms with van der Waals surface area (Å²) in [6.45, 7) is 4.90. The number of hydrogen-bond acceptors (Lipinski definition) is 4. The van der Waals surface area contributed by atoms with Gasteiger partial charge in [0.15, 0.2) is 0 Å². The van der Waals surface area contributed by atoms with E-state index in [4.69, 9.17) is 0 Å². The molecule has 18 heavy (non-hydrogen) atoms. The molecular formula is C14H29N3O. The molecule has 0 bridgehead atoms. The van der Waals surface area contributed by atoms with E-state index in [1.807, 2.05) is 0 Å². The van der Waals surface area contributed by atoms with Crippen LogP contribution in [0, 0.1) is 5.92 Å². The maximum Gasteiger partial charge on any atom is 0.0597 e. The summed E-state index contributed by atoms with van der Waals surface area (Å²) < 4.78 is 0. The number of nitrogens with one attached hydrogen (secondary N) is 1. The normalized spacial score (nSPS) is 24.7. The summed E-state index contributed by atoms with van der Waals surface area (Å²) in [7, 11) is 4.32. The van der Waals surface area contributed by atoms with Crippen LogP contribution in [0.25, 0.3) is 0 Å². The van der Waals surface area contributed by atoms with Gasteiger partial charge >= 0.3 is 0 Å².